The van der Waals surface area contributed by atoms with Crippen molar-refractivity contribution in [3.05, 3.63) is 39.7 Å². The lowest BCUT2D eigenvalue weighted by molar-refractivity contribution is 0.165. The summed E-state index contributed by atoms with van der Waals surface area (Å²) in [7, 11) is 1.91. The summed E-state index contributed by atoms with van der Waals surface area (Å²) in [4.78, 5) is 12.2. The van der Waals surface area contributed by atoms with E-state index in [0.29, 0.717) is 18.0 Å². The molecule has 0 aromatic carbocycles. The molecule has 2 bridgehead atoms. The number of hydrogen-bond acceptors (Lipinski definition) is 4. The van der Waals surface area contributed by atoms with Crippen molar-refractivity contribution in [2.45, 2.75) is 63.6 Å². The summed E-state index contributed by atoms with van der Waals surface area (Å²) < 4.78 is 1.77. The molecule has 4 heterocycles. The van der Waals surface area contributed by atoms with Gasteiger partial charge in [-0.3, -0.25) is 9.58 Å². The molecule has 5 nitrogen and oxygen atoms in total. The molecule has 6 heteroatoms. The summed E-state index contributed by atoms with van der Waals surface area (Å²) in [5.41, 5.74) is 4.83. The van der Waals surface area contributed by atoms with Crippen molar-refractivity contribution in [1.82, 2.24) is 24.6 Å². The fourth-order valence-corrected chi connectivity index (χ4v) is 4.64. The number of aromatic nitrogens is 4. The second-order valence-electron chi connectivity index (χ2n) is 7.51. The first-order chi connectivity index (χ1) is 11.6. The summed E-state index contributed by atoms with van der Waals surface area (Å²) >= 11 is 6.46. The van der Waals surface area contributed by atoms with Crippen LogP contribution in [0.4, 0.5) is 0 Å². The zero-order valence-electron chi connectivity index (χ0n) is 14.2. The number of nitrogens with zero attached hydrogens (tertiary/aromatic N) is 5. The first-order valence-corrected chi connectivity index (χ1v) is 9.29. The smallest absolute Gasteiger partial charge is 0.131 e. The third-order valence-corrected chi connectivity index (χ3v) is 6.38. The number of halogens is 1. The van der Waals surface area contributed by atoms with Gasteiger partial charge in [-0.15, -0.1) is 0 Å². The Morgan fingerprint density at radius 2 is 2.08 bits per heavy atom. The Morgan fingerprint density at radius 1 is 1.25 bits per heavy atom. The Labute approximate surface area is 147 Å². The van der Waals surface area contributed by atoms with E-state index in [-0.39, 0.29) is 0 Å². The van der Waals surface area contributed by atoms with Gasteiger partial charge in [0.15, 0.2) is 0 Å². The van der Waals surface area contributed by atoms with E-state index in [2.05, 4.69) is 21.2 Å². The van der Waals surface area contributed by atoms with Crippen molar-refractivity contribution in [3.63, 3.8) is 0 Å². The van der Waals surface area contributed by atoms with Crippen molar-refractivity contribution >= 4 is 11.6 Å². The lowest BCUT2D eigenvalue weighted by Gasteiger charge is -2.35. The van der Waals surface area contributed by atoms with Crippen LogP contribution < -0.4 is 0 Å². The van der Waals surface area contributed by atoms with Crippen LogP contribution in [0.2, 0.25) is 5.15 Å². The largest absolute Gasteiger partial charge is 0.288 e. The molecule has 0 unspecified atom stereocenters. The Balaban J connectivity index is 1.47. The Bertz CT molecular complexity index is 810. The minimum atomic E-state index is 0.433. The number of fused-ring (bicyclic) bond motifs is 4. The van der Waals surface area contributed by atoms with E-state index < -0.39 is 0 Å². The second kappa shape index (κ2) is 5.27. The quantitative estimate of drug-likeness (QED) is 0.857. The van der Waals surface area contributed by atoms with Crippen LogP contribution in [-0.4, -0.2) is 30.7 Å². The Kier molecular flexibility index (Phi) is 3.26. The van der Waals surface area contributed by atoms with E-state index in [1.165, 1.54) is 36.9 Å². The molecule has 0 N–H and O–H groups in total. The van der Waals surface area contributed by atoms with Crippen molar-refractivity contribution in [3.8, 4) is 0 Å². The highest BCUT2D eigenvalue weighted by molar-refractivity contribution is 6.30. The van der Waals surface area contributed by atoms with Gasteiger partial charge in [0.25, 0.3) is 0 Å². The minimum Gasteiger partial charge on any atom is -0.288 e. The number of aryl methyl sites for hydroxylation is 2. The molecule has 0 radical (unpaired) electrons. The summed E-state index contributed by atoms with van der Waals surface area (Å²) in [6, 6.07) is 1.00. The molecular formula is C18H22ClN5. The van der Waals surface area contributed by atoms with Gasteiger partial charge in [0.1, 0.15) is 11.0 Å². The van der Waals surface area contributed by atoms with Gasteiger partial charge < -0.3 is 0 Å². The van der Waals surface area contributed by atoms with Crippen molar-refractivity contribution in [2.24, 2.45) is 7.05 Å². The van der Waals surface area contributed by atoms with Crippen LogP contribution in [0.3, 0.4) is 0 Å². The van der Waals surface area contributed by atoms with E-state index in [1.54, 1.807) is 4.68 Å². The van der Waals surface area contributed by atoms with Gasteiger partial charge >= 0.3 is 0 Å². The van der Waals surface area contributed by atoms with Gasteiger partial charge in [-0.1, -0.05) is 11.6 Å². The highest BCUT2D eigenvalue weighted by Gasteiger charge is 2.42. The molecule has 1 saturated carbocycles. The van der Waals surface area contributed by atoms with Gasteiger partial charge in [-0.2, -0.15) is 5.10 Å². The summed E-state index contributed by atoms with van der Waals surface area (Å²) in [6.45, 7) is 2.92. The Morgan fingerprint density at radius 3 is 2.79 bits per heavy atom. The van der Waals surface area contributed by atoms with E-state index >= 15 is 0 Å². The molecule has 5 rings (SSSR count). The van der Waals surface area contributed by atoms with Crippen LogP contribution in [0.1, 0.15) is 66.0 Å². The Hall–Kier alpha value is -1.46. The highest BCUT2D eigenvalue weighted by Crippen LogP contribution is 2.45. The van der Waals surface area contributed by atoms with Gasteiger partial charge in [0.05, 0.1) is 11.4 Å². The van der Waals surface area contributed by atoms with Crippen LogP contribution in [0.25, 0.3) is 0 Å². The molecule has 3 aliphatic rings. The molecule has 1 aliphatic carbocycles. The van der Waals surface area contributed by atoms with Crippen LogP contribution in [0.15, 0.2) is 6.20 Å². The van der Waals surface area contributed by atoms with E-state index in [9.17, 15) is 0 Å². The zero-order chi connectivity index (χ0) is 16.4. The molecule has 0 amide bonds. The fourth-order valence-electron chi connectivity index (χ4n) is 4.41. The molecule has 1 saturated heterocycles. The maximum absolute atomic E-state index is 6.46. The first-order valence-electron chi connectivity index (χ1n) is 8.91. The summed E-state index contributed by atoms with van der Waals surface area (Å²) in [6.07, 6.45) is 8.10. The van der Waals surface area contributed by atoms with Crippen molar-refractivity contribution in [2.75, 3.05) is 0 Å². The normalized spacial score (nSPS) is 26.0. The van der Waals surface area contributed by atoms with E-state index in [4.69, 9.17) is 16.6 Å². The molecule has 24 heavy (non-hydrogen) atoms. The predicted octanol–water partition coefficient (Wildman–Crippen LogP) is 3.31. The molecule has 2 fully saturated rings. The minimum absolute atomic E-state index is 0.433. The highest BCUT2D eigenvalue weighted by atomic mass is 35.5. The van der Waals surface area contributed by atoms with Crippen molar-refractivity contribution in [1.29, 1.82) is 0 Å². The molecule has 126 valence electrons. The SMILES string of the molecule is Cc1nn(C)c(Cl)c1CN1[C@H]2CC[C@H]1c1cnc(C3CC3)nc1C2. The van der Waals surface area contributed by atoms with Gasteiger partial charge in [-0.25, -0.2) is 9.97 Å². The lowest BCUT2D eigenvalue weighted by Crippen LogP contribution is -2.37. The van der Waals surface area contributed by atoms with Crippen LogP contribution in [0, 0.1) is 6.92 Å². The first kappa shape index (κ1) is 14.8. The van der Waals surface area contributed by atoms with Crippen LogP contribution in [-0.2, 0) is 20.0 Å². The average Bonchev–Trinajstić information content (AvgIpc) is 3.33. The fraction of sp³-hybridized carbons (Fsp3) is 0.611. The topological polar surface area (TPSA) is 46.8 Å². The number of rotatable bonds is 3. The molecule has 2 aromatic heterocycles. The van der Waals surface area contributed by atoms with E-state index in [1.807, 2.05) is 14.0 Å². The number of hydrogen-bond donors (Lipinski definition) is 0. The molecule has 2 atom stereocenters. The summed E-state index contributed by atoms with van der Waals surface area (Å²) in [5, 5.41) is 5.22. The third-order valence-electron chi connectivity index (χ3n) is 5.90. The van der Waals surface area contributed by atoms with Crippen LogP contribution in [0.5, 0.6) is 0 Å². The summed E-state index contributed by atoms with van der Waals surface area (Å²) in [5.74, 6) is 1.70. The third kappa shape index (κ3) is 2.21. The molecular weight excluding hydrogens is 322 g/mol. The second-order valence-corrected chi connectivity index (χ2v) is 7.86. The van der Waals surface area contributed by atoms with Gasteiger partial charge in [0, 0.05) is 55.3 Å². The maximum atomic E-state index is 6.46. The lowest BCUT2D eigenvalue weighted by atomic mass is 9.98. The molecule has 0 spiro atoms. The molecule has 2 aromatic rings. The average molecular weight is 344 g/mol. The predicted molar refractivity (Wildman–Crippen MR) is 92.0 cm³/mol. The van der Waals surface area contributed by atoms with Crippen molar-refractivity contribution < 1.29 is 0 Å². The monoisotopic (exact) mass is 343 g/mol. The van der Waals surface area contributed by atoms with Gasteiger partial charge in [-0.05, 0) is 32.6 Å². The van der Waals surface area contributed by atoms with E-state index in [0.717, 1.165) is 35.2 Å². The van der Waals surface area contributed by atoms with Crippen LogP contribution >= 0.6 is 11.6 Å². The molecule has 2 aliphatic heterocycles. The maximum Gasteiger partial charge on any atom is 0.131 e. The van der Waals surface area contributed by atoms with Gasteiger partial charge in [0.2, 0.25) is 0 Å². The zero-order valence-corrected chi connectivity index (χ0v) is 14.9. The standard InChI is InChI=1S/C18H22ClN5/c1-10-14(17(19)23(2)22-10)9-24-12-5-6-16(24)13-8-20-18(11-3-4-11)21-15(13)7-12/h8,11-12,16H,3-7,9H2,1-2H3/t12-,16-/m0/s1.